The smallest absolute Gasteiger partial charge is 0.123 e. The van der Waals surface area contributed by atoms with Gasteiger partial charge in [-0.2, -0.15) is 0 Å². The van der Waals surface area contributed by atoms with Crippen molar-refractivity contribution < 1.29 is 9.94 Å². The van der Waals surface area contributed by atoms with E-state index in [-0.39, 0.29) is 5.92 Å². The number of nitrogens with zero attached hydrogens (tertiary/aromatic N) is 1. The van der Waals surface area contributed by atoms with Gasteiger partial charge in [0.25, 0.3) is 0 Å². The van der Waals surface area contributed by atoms with Crippen LogP contribution in [-0.4, -0.2) is 18.0 Å². The van der Waals surface area contributed by atoms with Crippen molar-refractivity contribution in [1.82, 2.24) is 0 Å². The van der Waals surface area contributed by atoms with Crippen LogP contribution >= 0.6 is 0 Å². The molecule has 3 heteroatoms. The Labute approximate surface area is 141 Å². The first kappa shape index (κ1) is 14.8. The lowest BCUT2D eigenvalue weighted by Crippen LogP contribution is -2.22. The third-order valence-electron chi connectivity index (χ3n) is 4.92. The number of oxime groups is 1. The maximum Gasteiger partial charge on any atom is 0.123 e. The van der Waals surface area contributed by atoms with Gasteiger partial charge in [0.2, 0.25) is 0 Å². The molecule has 0 aliphatic heterocycles. The maximum absolute atomic E-state index is 9.63. The van der Waals surface area contributed by atoms with E-state index in [4.69, 9.17) is 4.74 Å². The Balaban J connectivity index is 2.05. The van der Waals surface area contributed by atoms with Crippen LogP contribution in [0.5, 0.6) is 5.75 Å². The second-order valence-corrected chi connectivity index (χ2v) is 6.13. The summed E-state index contributed by atoms with van der Waals surface area (Å²) in [5.41, 5.74) is 4.38. The van der Waals surface area contributed by atoms with Gasteiger partial charge in [0.1, 0.15) is 5.75 Å². The first-order valence-electron chi connectivity index (χ1n) is 8.17. The van der Waals surface area contributed by atoms with Crippen molar-refractivity contribution in [2.24, 2.45) is 5.16 Å². The fraction of sp³-hybridized carbons (Fsp3) is 0.190. The molecule has 0 aromatic heterocycles. The average Bonchev–Trinajstić information content (AvgIpc) is 2.66. The van der Waals surface area contributed by atoms with E-state index < -0.39 is 0 Å². The molecule has 120 valence electrons. The Kier molecular flexibility index (Phi) is 3.69. The molecule has 0 saturated carbocycles. The van der Waals surface area contributed by atoms with Crippen molar-refractivity contribution in [3.8, 4) is 5.75 Å². The number of benzene rings is 3. The van der Waals surface area contributed by atoms with E-state index in [1.165, 1.54) is 11.1 Å². The molecule has 0 spiro atoms. The molecule has 0 amide bonds. The molecule has 0 heterocycles. The number of aryl methyl sites for hydroxylation is 1. The molecule has 1 atom stereocenters. The van der Waals surface area contributed by atoms with Crippen molar-refractivity contribution >= 4 is 16.5 Å². The lowest BCUT2D eigenvalue weighted by Gasteiger charge is -2.29. The highest BCUT2D eigenvalue weighted by Gasteiger charge is 2.31. The fourth-order valence-corrected chi connectivity index (χ4v) is 3.81. The molecule has 0 unspecified atom stereocenters. The SMILES string of the molecule is COc1ccc2ccccc2c1[C@@H]1/C(=N\O)CCc2ccccc21. The van der Waals surface area contributed by atoms with Gasteiger partial charge in [-0.3, -0.25) is 0 Å². The second kappa shape index (κ2) is 6.00. The van der Waals surface area contributed by atoms with Crippen molar-refractivity contribution in [2.75, 3.05) is 7.11 Å². The van der Waals surface area contributed by atoms with Gasteiger partial charge in [-0.25, -0.2) is 0 Å². The molecule has 1 N–H and O–H groups in total. The average molecular weight is 317 g/mol. The normalized spacial score (nSPS) is 18.5. The van der Waals surface area contributed by atoms with E-state index >= 15 is 0 Å². The highest BCUT2D eigenvalue weighted by molar-refractivity contribution is 6.01. The largest absolute Gasteiger partial charge is 0.496 e. The van der Waals surface area contributed by atoms with Gasteiger partial charge in [-0.1, -0.05) is 59.8 Å². The Hall–Kier alpha value is -2.81. The highest BCUT2D eigenvalue weighted by atomic mass is 16.5. The van der Waals surface area contributed by atoms with Gasteiger partial charge >= 0.3 is 0 Å². The summed E-state index contributed by atoms with van der Waals surface area (Å²) in [7, 11) is 1.69. The lowest BCUT2D eigenvalue weighted by atomic mass is 9.76. The van der Waals surface area contributed by atoms with Crippen LogP contribution in [-0.2, 0) is 6.42 Å². The van der Waals surface area contributed by atoms with E-state index in [1.807, 2.05) is 24.3 Å². The Morgan fingerprint density at radius 1 is 0.958 bits per heavy atom. The second-order valence-electron chi connectivity index (χ2n) is 6.13. The molecule has 24 heavy (non-hydrogen) atoms. The number of rotatable bonds is 2. The third-order valence-corrected chi connectivity index (χ3v) is 4.92. The van der Waals surface area contributed by atoms with Crippen LogP contribution in [0.3, 0.4) is 0 Å². The van der Waals surface area contributed by atoms with E-state index in [9.17, 15) is 5.21 Å². The predicted octanol–water partition coefficient (Wildman–Crippen LogP) is 4.76. The van der Waals surface area contributed by atoms with Crippen LogP contribution in [0, 0.1) is 0 Å². The molecular formula is C21H19NO2. The quantitative estimate of drug-likeness (QED) is 0.547. The summed E-state index contributed by atoms with van der Waals surface area (Å²) < 4.78 is 5.68. The zero-order chi connectivity index (χ0) is 16.5. The first-order chi connectivity index (χ1) is 11.8. The number of ether oxygens (including phenoxy) is 1. The van der Waals surface area contributed by atoms with E-state index in [0.717, 1.165) is 40.6 Å². The summed E-state index contributed by atoms with van der Waals surface area (Å²) in [4.78, 5) is 0. The zero-order valence-corrected chi connectivity index (χ0v) is 13.6. The van der Waals surface area contributed by atoms with Crippen molar-refractivity contribution in [2.45, 2.75) is 18.8 Å². The van der Waals surface area contributed by atoms with E-state index in [0.29, 0.717) is 0 Å². The van der Waals surface area contributed by atoms with Gasteiger partial charge in [0.15, 0.2) is 0 Å². The topological polar surface area (TPSA) is 41.8 Å². The molecule has 0 fully saturated rings. The first-order valence-corrected chi connectivity index (χ1v) is 8.17. The van der Waals surface area contributed by atoms with Gasteiger partial charge in [0.05, 0.1) is 18.7 Å². The molecule has 1 aliphatic carbocycles. The predicted molar refractivity (Wildman–Crippen MR) is 96.3 cm³/mol. The van der Waals surface area contributed by atoms with Crippen molar-refractivity contribution in [3.05, 3.63) is 77.4 Å². The van der Waals surface area contributed by atoms with Crippen molar-refractivity contribution in [1.29, 1.82) is 0 Å². The van der Waals surface area contributed by atoms with Gasteiger partial charge in [-0.15, -0.1) is 0 Å². The highest BCUT2D eigenvalue weighted by Crippen LogP contribution is 2.42. The van der Waals surface area contributed by atoms with Crippen molar-refractivity contribution in [3.63, 3.8) is 0 Å². The van der Waals surface area contributed by atoms with E-state index in [1.54, 1.807) is 7.11 Å². The zero-order valence-electron chi connectivity index (χ0n) is 13.6. The summed E-state index contributed by atoms with van der Waals surface area (Å²) in [5, 5.41) is 15.6. The van der Waals surface area contributed by atoms with Gasteiger partial charge < -0.3 is 9.94 Å². The van der Waals surface area contributed by atoms with E-state index in [2.05, 4.69) is 41.6 Å². The third kappa shape index (κ3) is 2.24. The van der Waals surface area contributed by atoms with Crippen LogP contribution in [0.1, 0.15) is 29.0 Å². The number of hydrogen-bond acceptors (Lipinski definition) is 3. The summed E-state index contributed by atoms with van der Waals surface area (Å²) >= 11 is 0. The van der Waals surface area contributed by atoms with Gasteiger partial charge in [-0.05, 0) is 40.8 Å². The van der Waals surface area contributed by atoms with Crippen LogP contribution in [0.4, 0.5) is 0 Å². The Bertz CT molecular complexity index is 930. The summed E-state index contributed by atoms with van der Waals surface area (Å²) in [6, 6.07) is 20.8. The molecule has 1 aliphatic rings. The summed E-state index contributed by atoms with van der Waals surface area (Å²) in [5.74, 6) is 0.748. The van der Waals surface area contributed by atoms with Crippen LogP contribution in [0.15, 0.2) is 65.8 Å². The molecule has 3 aromatic carbocycles. The molecule has 0 bridgehead atoms. The molecule has 3 aromatic rings. The maximum atomic E-state index is 9.63. The summed E-state index contributed by atoms with van der Waals surface area (Å²) in [6.07, 6.45) is 1.66. The van der Waals surface area contributed by atoms with Gasteiger partial charge in [0, 0.05) is 5.56 Å². The lowest BCUT2D eigenvalue weighted by molar-refractivity contribution is 0.315. The molecular weight excluding hydrogens is 298 g/mol. The van der Waals surface area contributed by atoms with Crippen LogP contribution < -0.4 is 4.74 Å². The summed E-state index contributed by atoms with van der Waals surface area (Å²) in [6.45, 7) is 0. The van der Waals surface area contributed by atoms with Crippen LogP contribution in [0.25, 0.3) is 10.8 Å². The minimum atomic E-state index is -0.0824. The van der Waals surface area contributed by atoms with Crippen LogP contribution in [0.2, 0.25) is 0 Å². The number of hydrogen-bond donors (Lipinski definition) is 1. The minimum Gasteiger partial charge on any atom is -0.496 e. The minimum absolute atomic E-state index is 0.0824. The Morgan fingerprint density at radius 3 is 2.58 bits per heavy atom. The molecule has 0 saturated heterocycles. The molecule has 4 rings (SSSR count). The molecule has 0 radical (unpaired) electrons. The monoisotopic (exact) mass is 317 g/mol. The molecule has 3 nitrogen and oxygen atoms in total. The number of fused-ring (bicyclic) bond motifs is 2. The fourth-order valence-electron chi connectivity index (χ4n) is 3.81. The Morgan fingerprint density at radius 2 is 1.75 bits per heavy atom. The standard InChI is InChI=1S/C21H19NO2/c1-24-19-13-11-15-7-3-5-9-17(15)21(19)20-16-8-4-2-6-14(16)10-12-18(20)22-23/h2-9,11,13,20,23H,10,12H2,1H3/b22-18-/t20-/m0/s1. The number of methoxy groups -OCH3 is 1.